The van der Waals surface area contributed by atoms with E-state index in [1.54, 1.807) is 12.1 Å². The molecule has 0 aliphatic carbocycles. The molecular formula is C13H16ClFN2. The maximum absolute atomic E-state index is 13.6. The molecule has 0 aromatic heterocycles. The molecule has 1 atom stereocenters. The normalized spacial score (nSPS) is 12.5. The molecule has 1 rings (SSSR count). The Kier molecular flexibility index (Phi) is 5.40. The number of rotatable bonds is 5. The first-order chi connectivity index (χ1) is 8.06. The van der Waals surface area contributed by atoms with Crippen LogP contribution < -0.4 is 0 Å². The number of hydrogen-bond acceptors (Lipinski definition) is 2. The second kappa shape index (κ2) is 6.58. The highest BCUT2D eigenvalue weighted by atomic mass is 35.5. The lowest BCUT2D eigenvalue weighted by molar-refractivity contribution is 0.257. The average Bonchev–Trinajstić information content (AvgIpc) is 2.31. The van der Waals surface area contributed by atoms with Gasteiger partial charge in [0.15, 0.2) is 0 Å². The van der Waals surface area contributed by atoms with E-state index in [0.29, 0.717) is 23.7 Å². The average molecular weight is 255 g/mol. The summed E-state index contributed by atoms with van der Waals surface area (Å²) in [7, 11) is 0. The van der Waals surface area contributed by atoms with Crippen LogP contribution in [-0.4, -0.2) is 18.0 Å². The van der Waals surface area contributed by atoms with Gasteiger partial charge in [-0.2, -0.15) is 5.26 Å². The Labute approximate surface area is 107 Å². The van der Waals surface area contributed by atoms with Crippen molar-refractivity contribution in [3.05, 3.63) is 34.6 Å². The molecule has 1 unspecified atom stereocenters. The van der Waals surface area contributed by atoms with Crippen molar-refractivity contribution < 1.29 is 4.39 Å². The van der Waals surface area contributed by atoms with Crippen LogP contribution in [0.5, 0.6) is 0 Å². The zero-order valence-electron chi connectivity index (χ0n) is 10.1. The van der Waals surface area contributed by atoms with Crippen molar-refractivity contribution in [2.24, 2.45) is 5.92 Å². The predicted octanol–water partition coefficient (Wildman–Crippen LogP) is 3.46. The van der Waals surface area contributed by atoms with Crippen LogP contribution in [-0.2, 0) is 6.54 Å². The fourth-order valence-electron chi connectivity index (χ4n) is 1.62. The minimum absolute atomic E-state index is 0.0506. The third-order valence-electron chi connectivity index (χ3n) is 2.61. The van der Waals surface area contributed by atoms with E-state index >= 15 is 0 Å². The van der Waals surface area contributed by atoms with Gasteiger partial charge >= 0.3 is 0 Å². The monoisotopic (exact) mass is 254 g/mol. The Hall–Kier alpha value is -1.11. The van der Waals surface area contributed by atoms with Gasteiger partial charge in [-0.15, -0.1) is 0 Å². The second-order valence-corrected chi connectivity index (χ2v) is 4.53. The number of nitrogens with zero attached hydrogens (tertiary/aromatic N) is 2. The van der Waals surface area contributed by atoms with Crippen LogP contribution in [0, 0.1) is 23.1 Å². The van der Waals surface area contributed by atoms with E-state index in [0.717, 1.165) is 6.54 Å². The van der Waals surface area contributed by atoms with Crippen LogP contribution in [0.4, 0.5) is 4.39 Å². The second-order valence-electron chi connectivity index (χ2n) is 4.09. The molecule has 92 valence electrons. The Bertz CT molecular complexity index is 414. The summed E-state index contributed by atoms with van der Waals surface area (Å²) >= 11 is 5.70. The highest BCUT2D eigenvalue weighted by Crippen LogP contribution is 2.16. The smallest absolute Gasteiger partial charge is 0.129 e. The molecule has 0 saturated carbocycles. The minimum atomic E-state index is -0.291. The van der Waals surface area contributed by atoms with Crippen LogP contribution in [0.1, 0.15) is 19.4 Å². The van der Waals surface area contributed by atoms with Crippen molar-refractivity contribution in [2.45, 2.75) is 20.4 Å². The molecule has 0 bridgehead atoms. The molecule has 1 aromatic rings. The van der Waals surface area contributed by atoms with E-state index in [2.05, 4.69) is 6.07 Å². The third-order valence-corrected chi connectivity index (χ3v) is 2.84. The van der Waals surface area contributed by atoms with Crippen molar-refractivity contribution in [3.8, 4) is 6.07 Å². The molecule has 0 aliphatic rings. The summed E-state index contributed by atoms with van der Waals surface area (Å²) < 4.78 is 13.6. The van der Waals surface area contributed by atoms with Gasteiger partial charge in [0.05, 0.1) is 12.0 Å². The van der Waals surface area contributed by atoms with Crippen LogP contribution >= 0.6 is 11.6 Å². The third kappa shape index (κ3) is 4.33. The van der Waals surface area contributed by atoms with Crippen molar-refractivity contribution in [1.82, 2.24) is 4.90 Å². The Morgan fingerprint density at radius 3 is 2.76 bits per heavy atom. The van der Waals surface area contributed by atoms with Crippen LogP contribution in [0.15, 0.2) is 18.2 Å². The van der Waals surface area contributed by atoms with E-state index in [4.69, 9.17) is 16.9 Å². The van der Waals surface area contributed by atoms with Crippen molar-refractivity contribution >= 4 is 11.6 Å². The first-order valence-corrected chi connectivity index (χ1v) is 6.00. The Balaban J connectivity index is 2.71. The highest BCUT2D eigenvalue weighted by Gasteiger charge is 2.11. The maximum Gasteiger partial charge on any atom is 0.129 e. The first-order valence-electron chi connectivity index (χ1n) is 5.62. The van der Waals surface area contributed by atoms with Gasteiger partial charge in [-0.25, -0.2) is 4.39 Å². The van der Waals surface area contributed by atoms with Gasteiger partial charge in [0.2, 0.25) is 0 Å². The molecule has 0 N–H and O–H groups in total. The van der Waals surface area contributed by atoms with E-state index in [9.17, 15) is 4.39 Å². The molecule has 0 fully saturated rings. The summed E-state index contributed by atoms with van der Waals surface area (Å²) in [6, 6.07) is 6.87. The van der Waals surface area contributed by atoms with Gasteiger partial charge in [0.25, 0.3) is 0 Å². The Morgan fingerprint density at radius 2 is 2.24 bits per heavy atom. The van der Waals surface area contributed by atoms with Crippen molar-refractivity contribution in [2.75, 3.05) is 13.1 Å². The van der Waals surface area contributed by atoms with Crippen LogP contribution in [0.2, 0.25) is 5.02 Å². The van der Waals surface area contributed by atoms with Crippen molar-refractivity contribution in [3.63, 3.8) is 0 Å². The van der Waals surface area contributed by atoms with Gasteiger partial charge in [-0.05, 0) is 25.6 Å². The summed E-state index contributed by atoms with van der Waals surface area (Å²) in [5.41, 5.74) is 0.612. The fraction of sp³-hybridized carbons (Fsp3) is 0.462. The summed E-state index contributed by atoms with van der Waals surface area (Å²) in [4.78, 5) is 2.04. The minimum Gasteiger partial charge on any atom is -0.298 e. The van der Waals surface area contributed by atoms with Gasteiger partial charge in [-0.1, -0.05) is 24.6 Å². The quantitative estimate of drug-likeness (QED) is 0.805. The molecule has 0 amide bonds. The fourth-order valence-corrected chi connectivity index (χ4v) is 1.78. The van der Waals surface area contributed by atoms with E-state index < -0.39 is 0 Å². The topological polar surface area (TPSA) is 27.0 Å². The number of halogens is 2. The largest absolute Gasteiger partial charge is 0.298 e. The predicted molar refractivity (Wildman–Crippen MR) is 67.1 cm³/mol. The molecule has 17 heavy (non-hydrogen) atoms. The molecular weight excluding hydrogens is 239 g/mol. The van der Waals surface area contributed by atoms with E-state index in [1.165, 1.54) is 6.07 Å². The summed E-state index contributed by atoms with van der Waals surface area (Å²) in [6.45, 7) is 5.80. The zero-order valence-corrected chi connectivity index (χ0v) is 10.8. The molecule has 0 heterocycles. The Morgan fingerprint density at radius 1 is 1.53 bits per heavy atom. The summed E-state index contributed by atoms with van der Waals surface area (Å²) in [5, 5.41) is 9.17. The number of benzene rings is 1. The molecule has 0 saturated heterocycles. The highest BCUT2D eigenvalue weighted by molar-refractivity contribution is 6.30. The van der Waals surface area contributed by atoms with Gasteiger partial charge < -0.3 is 0 Å². The van der Waals surface area contributed by atoms with E-state index in [-0.39, 0.29) is 11.7 Å². The maximum atomic E-state index is 13.6. The summed E-state index contributed by atoms with van der Waals surface area (Å²) in [5.74, 6) is -0.342. The number of nitriles is 1. The van der Waals surface area contributed by atoms with Gasteiger partial charge in [-0.3, -0.25) is 4.90 Å². The van der Waals surface area contributed by atoms with Gasteiger partial charge in [0.1, 0.15) is 5.82 Å². The van der Waals surface area contributed by atoms with Crippen LogP contribution in [0.3, 0.4) is 0 Å². The lowest BCUT2D eigenvalue weighted by atomic mass is 10.1. The molecule has 0 radical (unpaired) electrons. The lowest BCUT2D eigenvalue weighted by Crippen LogP contribution is -2.27. The summed E-state index contributed by atoms with van der Waals surface area (Å²) in [6.07, 6.45) is 0. The SMILES string of the molecule is CCN(Cc1ccc(Cl)cc1F)CC(C)C#N. The first kappa shape index (κ1) is 14.0. The lowest BCUT2D eigenvalue weighted by Gasteiger charge is -2.21. The van der Waals surface area contributed by atoms with Crippen molar-refractivity contribution in [1.29, 1.82) is 5.26 Å². The molecule has 2 nitrogen and oxygen atoms in total. The molecule has 1 aromatic carbocycles. The molecule has 0 spiro atoms. The number of hydrogen-bond donors (Lipinski definition) is 0. The van der Waals surface area contributed by atoms with Gasteiger partial charge in [0, 0.05) is 23.7 Å². The van der Waals surface area contributed by atoms with E-state index in [1.807, 2.05) is 18.7 Å². The molecule has 4 heteroatoms. The standard InChI is InChI=1S/C13H16ClFN2/c1-3-17(8-10(2)7-16)9-11-4-5-12(14)6-13(11)15/h4-6,10H,3,8-9H2,1-2H3. The zero-order chi connectivity index (χ0) is 12.8. The van der Waals surface area contributed by atoms with Crippen LogP contribution in [0.25, 0.3) is 0 Å². The molecule has 0 aliphatic heterocycles.